The van der Waals surface area contributed by atoms with E-state index in [0.717, 1.165) is 77.0 Å². The summed E-state index contributed by atoms with van der Waals surface area (Å²) in [5.74, 6) is -0.581. The molecule has 0 aliphatic carbocycles. The first-order valence-corrected chi connectivity index (χ1v) is 22.5. The van der Waals surface area contributed by atoms with Gasteiger partial charge in [-0.05, 0) is 64.2 Å². The molecule has 0 aromatic heterocycles. The molecule has 0 rings (SSSR count). The molecule has 312 valence electrons. The van der Waals surface area contributed by atoms with Gasteiger partial charge in [-0.1, -0.05) is 191 Å². The van der Waals surface area contributed by atoms with E-state index in [2.05, 4.69) is 80.8 Å². The molecule has 0 radical (unpaired) electrons. The van der Waals surface area contributed by atoms with Crippen molar-refractivity contribution in [3.05, 3.63) is 60.8 Å². The minimum absolute atomic E-state index is 0.0397. The summed E-state index contributed by atoms with van der Waals surface area (Å²) < 4.78 is 5.85. The SMILES string of the molecule is CC/C=C/C=C/C=C/CCCCCCCC(CC(=O)NC(CO)C(O)CCCCCCCCCCC)OC(=O)CC/C=C/C/C=C\CCCCCCCC. The van der Waals surface area contributed by atoms with E-state index in [1.807, 2.05) is 6.08 Å². The van der Waals surface area contributed by atoms with Crippen molar-refractivity contribution < 1.29 is 24.5 Å². The third kappa shape index (κ3) is 36.5. The van der Waals surface area contributed by atoms with Crippen LogP contribution >= 0.6 is 0 Å². The van der Waals surface area contributed by atoms with Crippen molar-refractivity contribution in [1.82, 2.24) is 5.32 Å². The fraction of sp³-hybridized carbons (Fsp3) is 0.750. The first-order chi connectivity index (χ1) is 26.5. The first kappa shape index (κ1) is 51.6. The summed E-state index contributed by atoms with van der Waals surface area (Å²) in [6.07, 6.45) is 50.0. The van der Waals surface area contributed by atoms with Crippen LogP contribution in [0, 0.1) is 0 Å². The van der Waals surface area contributed by atoms with Crippen LogP contribution in [0.25, 0.3) is 0 Å². The number of nitrogens with one attached hydrogen (secondary N) is 1. The number of unbranched alkanes of at least 4 members (excludes halogenated alkanes) is 19. The van der Waals surface area contributed by atoms with Gasteiger partial charge in [0.05, 0.1) is 25.2 Å². The van der Waals surface area contributed by atoms with Gasteiger partial charge in [0.2, 0.25) is 5.91 Å². The van der Waals surface area contributed by atoms with E-state index in [-0.39, 0.29) is 31.3 Å². The quantitative estimate of drug-likeness (QED) is 0.0251. The van der Waals surface area contributed by atoms with Crippen LogP contribution in [0.4, 0.5) is 0 Å². The summed E-state index contributed by atoms with van der Waals surface area (Å²) in [6, 6.07) is -0.717. The Balaban J connectivity index is 4.73. The van der Waals surface area contributed by atoms with Crippen molar-refractivity contribution in [1.29, 1.82) is 0 Å². The van der Waals surface area contributed by atoms with Gasteiger partial charge in [-0.25, -0.2) is 0 Å². The van der Waals surface area contributed by atoms with Crippen LogP contribution in [0.3, 0.4) is 0 Å². The van der Waals surface area contributed by atoms with Crippen LogP contribution in [-0.2, 0) is 14.3 Å². The molecule has 3 atom stereocenters. The van der Waals surface area contributed by atoms with Crippen molar-refractivity contribution in [3.63, 3.8) is 0 Å². The number of hydrogen-bond donors (Lipinski definition) is 3. The number of hydrogen-bond acceptors (Lipinski definition) is 5. The molecule has 0 heterocycles. The Labute approximate surface area is 333 Å². The Morgan fingerprint density at radius 2 is 1.07 bits per heavy atom. The van der Waals surface area contributed by atoms with Crippen LogP contribution in [0.2, 0.25) is 0 Å². The van der Waals surface area contributed by atoms with E-state index in [4.69, 9.17) is 4.74 Å². The predicted molar refractivity (Wildman–Crippen MR) is 232 cm³/mol. The molecule has 0 bridgehead atoms. The molecule has 1 amide bonds. The first-order valence-electron chi connectivity index (χ1n) is 22.5. The van der Waals surface area contributed by atoms with Crippen LogP contribution in [-0.4, -0.2) is 46.9 Å². The van der Waals surface area contributed by atoms with Gasteiger partial charge >= 0.3 is 5.97 Å². The van der Waals surface area contributed by atoms with Crippen molar-refractivity contribution in [3.8, 4) is 0 Å². The van der Waals surface area contributed by atoms with E-state index in [0.29, 0.717) is 19.3 Å². The van der Waals surface area contributed by atoms with Gasteiger partial charge < -0.3 is 20.3 Å². The molecule has 6 heteroatoms. The average molecular weight is 756 g/mol. The molecule has 0 aromatic carbocycles. The predicted octanol–water partition coefficient (Wildman–Crippen LogP) is 12.9. The Morgan fingerprint density at radius 1 is 0.574 bits per heavy atom. The highest BCUT2D eigenvalue weighted by Gasteiger charge is 2.24. The van der Waals surface area contributed by atoms with Gasteiger partial charge in [-0.3, -0.25) is 9.59 Å². The molecule has 6 nitrogen and oxygen atoms in total. The number of amides is 1. The molecule has 0 saturated carbocycles. The van der Waals surface area contributed by atoms with Crippen molar-refractivity contribution in [2.45, 2.75) is 225 Å². The van der Waals surface area contributed by atoms with E-state index in [1.165, 1.54) is 77.0 Å². The Bertz CT molecular complexity index is 984. The monoisotopic (exact) mass is 756 g/mol. The maximum Gasteiger partial charge on any atom is 0.306 e. The smallest absolute Gasteiger partial charge is 0.306 e. The second-order valence-corrected chi connectivity index (χ2v) is 15.1. The maximum absolute atomic E-state index is 13.1. The summed E-state index contributed by atoms with van der Waals surface area (Å²) in [4.78, 5) is 25.9. The molecule has 3 unspecified atom stereocenters. The Kier molecular flexibility index (Phi) is 39.8. The van der Waals surface area contributed by atoms with Crippen molar-refractivity contribution in [2.75, 3.05) is 6.61 Å². The zero-order valence-corrected chi connectivity index (χ0v) is 35.3. The van der Waals surface area contributed by atoms with Gasteiger partial charge in [0.15, 0.2) is 0 Å². The molecular weight excluding hydrogens is 671 g/mol. The molecule has 0 aromatic rings. The molecule has 0 fully saturated rings. The van der Waals surface area contributed by atoms with Gasteiger partial charge in [0.25, 0.3) is 0 Å². The number of aliphatic hydroxyl groups excluding tert-OH is 2. The minimum atomic E-state index is -0.801. The number of esters is 1. The normalized spacial score (nSPS) is 13.9. The van der Waals surface area contributed by atoms with Gasteiger partial charge in [0, 0.05) is 6.42 Å². The molecule has 0 saturated heterocycles. The highest BCUT2D eigenvalue weighted by molar-refractivity contribution is 5.77. The zero-order chi connectivity index (χ0) is 39.6. The van der Waals surface area contributed by atoms with E-state index in [9.17, 15) is 19.8 Å². The largest absolute Gasteiger partial charge is 0.462 e. The molecule has 3 N–H and O–H groups in total. The van der Waals surface area contributed by atoms with Gasteiger partial charge in [-0.15, -0.1) is 0 Å². The number of ether oxygens (including phenoxy) is 1. The van der Waals surface area contributed by atoms with Crippen LogP contribution in [0.1, 0.15) is 207 Å². The molecular formula is C48H85NO5. The van der Waals surface area contributed by atoms with Crippen molar-refractivity contribution in [2.24, 2.45) is 0 Å². The van der Waals surface area contributed by atoms with E-state index in [1.54, 1.807) is 0 Å². The lowest BCUT2D eigenvalue weighted by Crippen LogP contribution is -2.46. The number of aliphatic hydroxyl groups is 2. The number of carbonyl (C=O) groups excluding carboxylic acids is 2. The van der Waals surface area contributed by atoms with Crippen molar-refractivity contribution >= 4 is 11.9 Å². The summed E-state index contributed by atoms with van der Waals surface area (Å²) in [6.45, 7) is 6.28. The second-order valence-electron chi connectivity index (χ2n) is 15.1. The molecule has 0 spiro atoms. The summed E-state index contributed by atoms with van der Waals surface area (Å²) >= 11 is 0. The highest BCUT2D eigenvalue weighted by Crippen LogP contribution is 2.16. The molecule has 0 aliphatic heterocycles. The lowest BCUT2D eigenvalue weighted by Gasteiger charge is -2.24. The van der Waals surface area contributed by atoms with Gasteiger partial charge in [0.1, 0.15) is 6.10 Å². The minimum Gasteiger partial charge on any atom is -0.462 e. The van der Waals surface area contributed by atoms with E-state index < -0.39 is 18.2 Å². The standard InChI is InChI=1S/C48H85NO5/c1-4-7-10-13-16-19-21-23-25-28-30-33-36-39-44(54-48(53)41-38-35-32-29-26-24-22-20-17-14-11-8-5-2)42-47(52)49-45(43-50)46(51)40-37-34-31-27-18-15-12-9-6-3/h7,10,13,16,19,21,24,26,32,35,44-46,50-51H,4-6,8-9,11-12,14-15,17-18,20,22-23,25,27-31,33-34,36-43H2,1-3H3,(H,49,52)/b10-7+,16-13+,21-19+,26-24-,35-32+. The fourth-order valence-electron chi connectivity index (χ4n) is 6.48. The van der Waals surface area contributed by atoms with E-state index >= 15 is 0 Å². The lowest BCUT2D eigenvalue weighted by molar-refractivity contribution is -0.150. The number of rotatable bonds is 39. The maximum atomic E-state index is 13.1. The topological polar surface area (TPSA) is 95.9 Å². The summed E-state index contributed by atoms with van der Waals surface area (Å²) in [7, 11) is 0. The second kappa shape index (κ2) is 41.7. The summed E-state index contributed by atoms with van der Waals surface area (Å²) in [5.41, 5.74) is 0. The molecule has 54 heavy (non-hydrogen) atoms. The molecule has 0 aliphatic rings. The number of allylic oxidation sites excluding steroid dienone is 10. The van der Waals surface area contributed by atoms with Gasteiger partial charge in [-0.2, -0.15) is 0 Å². The Morgan fingerprint density at radius 3 is 1.65 bits per heavy atom. The van der Waals surface area contributed by atoms with Crippen LogP contribution < -0.4 is 5.32 Å². The Hall–Kier alpha value is -2.44. The van der Waals surface area contributed by atoms with Crippen LogP contribution in [0.15, 0.2) is 60.8 Å². The third-order valence-electron chi connectivity index (χ3n) is 9.91. The fourth-order valence-corrected chi connectivity index (χ4v) is 6.48. The summed E-state index contributed by atoms with van der Waals surface area (Å²) in [5, 5.41) is 23.5. The average Bonchev–Trinajstić information content (AvgIpc) is 3.16. The van der Waals surface area contributed by atoms with Crippen LogP contribution in [0.5, 0.6) is 0 Å². The lowest BCUT2D eigenvalue weighted by atomic mass is 10.0. The number of carbonyl (C=O) groups is 2. The zero-order valence-electron chi connectivity index (χ0n) is 35.3. The third-order valence-corrected chi connectivity index (χ3v) is 9.91. The highest BCUT2D eigenvalue weighted by atomic mass is 16.5.